The van der Waals surface area contributed by atoms with Crippen molar-refractivity contribution in [1.29, 1.82) is 5.26 Å². The van der Waals surface area contributed by atoms with Gasteiger partial charge in [-0.15, -0.1) is 0 Å². The number of benzene rings is 1. The Bertz CT molecular complexity index is 549. The summed E-state index contributed by atoms with van der Waals surface area (Å²) < 4.78 is 22.6. The van der Waals surface area contributed by atoms with Crippen molar-refractivity contribution < 1.29 is 8.42 Å². The monoisotopic (exact) mass is 321 g/mol. The van der Waals surface area contributed by atoms with E-state index >= 15 is 0 Å². The van der Waals surface area contributed by atoms with Crippen molar-refractivity contribution in [2.75, 3.05) is 0 Å². The molecule has 0 aliphatic carbocycles. The molecule has 16 heavy (non-hydrogen) atoms. The standard InChI is InChI=1S/C10H9BrClNO2S/c1-2-7-4-10(16(12,14)15)9(6-13)3-8(7)5-11/h3-4H,2,5H2,1H3. The van der Waals surface area contributed by atoms with Crippen LogP contribution in [0.5, 0.6) is 0 Å². The van der Waals surface area contributed by atoms with Crippen molar-refractivity contribution in [1.82, 2.24) is 0 Å². The number of alkyl halides is 1. The second-order valence-electron chi connectivity index (χ2n) is 3.15. The van der Waals surface area contributed by atoms with Crippen LogP contribution >= 0.6 is 26.6 Å². The van der Waals surface area contributed by atoms with E-state index in [1.807, 2.05) is 13.0 Å². The Hall–Kier alpha value is -0.570. The lowest BCUT2D eigenvalue weighted by Crippen LogP contribution is -2.00. The Morgan fingerprint density at radius 3 is 2.44 bits per heavy atom. The summed E-state index contributed by atoms with van der Waals surface area (Å²) in [7, 11) is 1.41. The van der Waals surface area contributed by atoms with Gasteiger partial charge < -0.3 is 0 Å². The summed E-state index contributed by atoms with van der Waals surface area (Å²) in [6.45, 7) is 1.91. The molecule has 86 valence electrons. The van der Waals surface area contributed by atoms with Crippen LogP contribution < -0.4 is 0 Å². The summed E-state index contributed by atoms with van der Waals surface area (Å²) in [4.78, 5) is -0.113. The first kappa shape index (κ1) is 13.5. The van der Waals surface area contributed by atoms with Crippen LogP contribution in [-0.2, 0) is 20.8 Å². The fourth-order valence-corrected chi connectivity index (χ4v) is 2.96. The highest BCUT2D eigenvalue weighted by atomic mass is 79.9. The van der Waals surface area contributed by atoms with E-state index < -0.39 is 9.05 Å². The smallest absolute Gasteiger partial charge is 0.207 e. The minimum Gasteiger partial charge on any atom is -0.207 e. The third-order valence-electron chi connectivity index (χ3n) is 2.21. The Morgan fingerprint density at radius 2 is 2.06 bits per heavy atom. The lowest BCUT2D eigenvalue weighted by atomic mass is 10.0. The molecule has 1 rings (SSSR count). The zero-order valence-electron chi connectivity index (χ0n) is 8.50. The van der Waals surface area contributed by atoms with Crippen molar-refractivity contribution in [2.24, 2.45) is 0 Å². The number of nitriles is 1. The summed E-state index contributed by atoms with van der Waals surface area (Å²) in [5.41, 5.74) is 1.86. The quantitative estimate of drug-likeness (QED) is 0.635. The Balaban J connectivity index is 3.58. The second kappa shape index (κ2) is 5.17. The van der Waals surface area contributed by atoms with E-state index in [0.29, 0.717) is 11.8 Å². The summed E-state index contributed by atoms with van der Waals surface area (Å²) in [5.74, 6) is 0. The topological polar surface area (TPSA) is 57.9 Å². The molecule has 0 aliphatic heterocycles. The van der Waals surface area contributed by atoms with Gasteiger partial charge >= 0.3 is 0 Å². The van der Waals surface area contributed by atoms with Gasteiger partial charge in [-0.25, -0.2) is 8.42 Å². The van der Waals surface area contributed by atoms with E-state index in [1.165, 1.54) is 6.07 Å². The van der Waals surface area contributed by atoms with E-state index in [4.69, 9.17) is 15.9 Å². The van der Waals surface area contributed by atoms with Gasteiger partial charge in [-0.05, 0) is 29.7 Å². The maximum atomic E-state index is 11.3. The molecule has 0 radical (unpaired) electrons. The minimum absolute atomic E-state index is 0.0849. The average molecular weight is 323 g/mol. The van der Waals surface area contributed by atoms with Crippen molar-refractivity contribution in [2.45, 2.75) is 23.6 Å². The molecule has 0 aromatic heterocycles. The molecular formula is C10H9BrClNO2S. The number of rotatable bonds is 3. The SMILES string of the molecule is CCc1cc(S(=O)(=O)Cl)c(C#N)cc1CBr. The van der Waals surface area contributed by atoms with Crippen molar-refractivity contribution >= 4 is 35.7 Å². The van der Waals surface area contributed by atoms with Crippen molar-refractivity contribution in [3.05, 3.63) is 28.8 Å². The Kier molecular flexibility index (Phi) is 4.36. The zero-order chi connectivity index (χ0) is 12.3. The first-order valence-electron chi connectivity index (χ1n) is 4.50. The maximum absolute atomic E-state index is 11.3. The highest BCUT2D eigenvalue weighted by molar-refractivity contribution is 9.08. The van der Waals surface area contributed by atoms with E-state index in [-0.39, 0.29) is 10.5 Å². The molecule has 0 fully saturated rings. The number of halogens is 2. The summed E-state index contributed by atoms with van der Waals surface area (Å²) in [6, 6.07) is 4.87. The lowest BCUT2D eigenvalue weighted by Gasteiger charge is -2.08. The molecule has 3 nitrogen and oxygen atoms in total. The molecule has 0 amide bonds. The predicted octanol–water partition coefficient (Wildman–Crippen LogP) is 2.94. The molecule has 0 heterocycles. The molecule has 0 N–H and O–H groups in total. The number of aryl methyl sites for hydroxylation is 1. The molecule has 1 aromatic carbocycles. The van der Waals surface area contributed by atoms with Crippen molar-refractivity contribution in [3.8, 4) is 6.07 Å². The van der Waals surface area contributed by atoms with Crippen LogP contribution in [0.15, 0.2) is 17.0 Å². The second-order valence-corrected chi connectivity index (χ2v) is 6.25. The Labute approximate surface area is 108 Å². The molecule has 0 aliphatic rings. The maximum Gasteiger partial charge on any atom is 0.262 e. The van der Waals surface area contributed by atoms with Gasteiger partial charge in [0.05, 0.1) is 5.56 Å². The zero-order valence-corrected chi connectivity index (χ0v) is 11.7. The molecule has 0 atom stereocenters. The molecule has 0 bridgehead atoms. The first-order valence-corrected chi connectivity index (χ1v) is 7.93. The van der Waals surface area contributed by atoms with E-state index in [2.05, 4.69) is 15.9 Å². The van der Waals surface area contributed by atoms with Crippen LogP contribution in [0.2, 0.25) is 0 Å². The van der Waals surface area contributed by atoms with Gasteiger partial charge in [0.15, 0.2) is 0 Å². The fourth-order valence-electron chi connectivity index (χ4n) is 1.41. The van der Waals surface area contributed by atoms with Crippen LogP contribution in [0.1, 0.15) is 23.6 Å². The van der Waals surface area contributed by atoms with Gasteiger partial charge in [-0.1, -0.05) is 22.9 Å². The molecular weight excluding hydrogens is 314 g/mol. The highest BCUT2D eigenvalue weighted by Crippen LogP contribution is 2.25. The van der Waals surface area contributed by atoms with E-state index in [0.717, 1.165) is 11.1 Å². The minimum atomic E-state index is -3.87. The summed E-state index contributed by atoms with van der Waals surface area (Å²) in [5, 5.41) is 9.45. The molecule has 0 saturated carbocycles. The van der Waals surface area contributed by atoms with Crippen LogP contribution in [0, 0.1) is 11.3 Å². The van der Waals surface area contributed by atoms with E-state index in [1.54, 1.807) is 6.07 Å². The van der Waals surface area contributed by atoms with Gasteiger partial charge in [0, 0.05) is 16.0 Å². The van der Waals surface area contributed by atoms with Gasteiger partial charge in [0.2, 0.25) is 0 Å². The summed E-state index contributed by atoms with van der Waals surface area (Å²) in [6.07, 6.45) is 0.687. The average Bonchev–Trinajstić information content (AvgIpc) is 2.25. The number of hydrogen-bond acceptors (Lipinski definition) is 3. The third kappa shape index (κ3) is 2.76. The van der Waals surface area contributed by atoms with Crippen LogP contribution in [0.4, 0.5) is 0 Å². The van der Waals surface area contributed by atoms with Gasteiger partial charge in [0.1, 0.15) is 11.0 Å². The van der Waals surface area contributed by atoms with Crippen LogP contribution in [0.25, 0.3) is 0 Å². The lowest BCUT2D eigenvalue weighted by molar-refractivity contribution is 0.609. The molecule has 0 saturated heterocycles. The largest absolute Gasteiger partial charge is 0.262 e. The fraction of sp³-hybridized carbons (Fsp3) is 0.300. The Morgan fingerprint density at radius 1 is 1.44 bits per heavy atom. The van der Waals surface area contributed by atoms with Gasteiger partial charge in [-0.3, -0.25) is 0 Å². The third-order valence-corrected chi connectivity index (χ3v) is 4.18. The predicted molar refractivity (Wildman–Crippen MR) is 66.2 cm³/mol. The molecule has 0 spiro atoms. The first-order chi connectivity index (χ1) is 7.43. The normalized spacial score (nSPS) is 11.1. The van der Waals surface area contributed by atoms with Gasteiger partial charge in [0.25, 0.3) is 9.05 Å². The number of nitrogens with zero attached hydrogens (tertiary/aromatic N) is 1. The van der Waals surface area contributed by atoms with Crippen molar-refractivity contribution in [3.63, 3.8) is 0 Å². The molecule has 1 aromatic rings. The highest BCUT2D eigenvalue weighted by Gasteiger charge is 2.18. The molecule has 0 unspecified atom stereocenters. The molecule has 6 heteroatoms. The summed E-state index contributed by atoms with van der Waals surface area (Å²) >= 11 is 3.30. The van der Waals surface area contributed by atoms with E-state index in [9.17, 15) is 8.42 Å². The number of hydrogen-bond donors (Lipinski definition) is 0. The van der Waals surface area contributed by atoms with Crippen LogP contribution in [0.3, 0.4) is 0 Å². The van der Waals surface area contributed by atoms with Crippen LogP contribution in [-0.4, -0.2) is 8.42 Å². The van der Waals surface area contributed by atoms with Gasteiger partial charge in [-0.2, -0.15) is 5.26 Å².